The molecule has 0 spiro atoms. The van der Waals surface area contributed by atoms with Gasteiger partial charge in [-0.05, 0) is 77.6 Å². The second-order valence-corrected chi connectivity index (χ2v) is 9.16. The quantitative estimate of drug-likeness (QED) is 0.484. The van der Waals surface area contributed by atoms with Gasteiger partial charge in [-0.2, -0.15) is 0 Å². The van der Waals surface area contributed by atoms with Crippen LogP contribution in [0.3, 0.4) is 0 Å². The van der Waals surface area contributed by atoms with E-state index < -0.39 is 0 Å². The number of rotatable bonds is 8. The Balaban J connectivity index is 1.68. The minimum atomic E-state index is 0.258. The van der Waals surface area contributed by atoms with Gasteiger partial charge in [-0.15, -0.1) is 0 Å². The lowest BCUT2D eigenvalue weighted by molar-refractivity contribution is 0.260. The Bertz CT molecular complexity index is 880. The average molecular weight is 421 g/mol. The molecule has 1 radical (unpaired) electrons. The van der Waals surface area contributed by atoms with Gasteiger partial charge in [0, 0.05) is 0 Å². The number of ether oxygens (including phenoxy) is 4. The number of epoxide rings is 2. The van der Waals surface area contributed by atoms with Gasteiger partial charge in [0.05, 0.1) is 13.2 Å². The van der Waals surface area contributed by atoms with Gasteiger partial charge in [0.15, 0.2) is 7.28 Å². The van der Waals surface area contributed by atoms with Crippen LogP contribution in [0.5, 0.6) is 11.5 Å². The molecule has 0 aromatic heterocycles. The van der Waals surface area contributed by atoms with E-state index in [1.807, 2.05) is 0 Å². The highest BCUT2D eigenvalue weighted by Gasteiger charge is 2.27. The SMILES string of the molecule is Cc1c(C)c(OCC2CO2)c(C)c(C)c1[B]c1c(C)c(C)c(OCC2CO2)c(C)c1C. The summed E-state index contributed by atoms with van der Waals surface area (Å²) < 4.78 is 22.9. The molecule has 2 saturated heterocycles. The van der Waals surface area contributed by atoms with E-state index in [1.165, 1.54) is 55.4 Å². The monoisotopic (exact) mass is 421 g/mol. The summed E-state index contributed by atoms with van der Waals surface area (Å²) >= 11 is 0. The van der Waals surface area contributed by atoms with E-state index in [0.29, 0.717) is 13.2 Å². The van der Waals surface area contributed by atoms with Crippen LogP contribution < -0.4 is 20.4 Å². The Morgan fingerprint density at radius 1 is 0.581 bits per heavy atom. The molecule has 2 aromatic carbocycles. The van der Waals surface area contributed by atoms with Crippen LogP contribution in [0.15, 0.2) is 0 Å². The molecule has 5 heteroatoms. The van der Waals surface area contributed by atoms with Gasteiger partial charge in [-0.1, -0.05) is 33.2 Å². The van der Waals surface area contributed by atoms with E-state index in [0.717, 1.165) is 24.7 Å². The number of hydrogen-bond donors (Lipinski definition) is 0. The van der Waals surface area contributed by atoms with Crippen LogP contribution in [-0.2, 0) is 9.47 Å². The van der Waals surface area contributed by atoms with Crippen molar-refractivity contribution in [3.8, 4) is 11.5 Å². The maximum absolute atomic E-state index is 6.15. The summed E-state index contributed by atoms with van der Waals surface area (Å²) in [6.07, 6.45) is 0.517. The molecule has 2 fully saturated rings. The van der Waals surface area contributed by atoms with Crippen molar-refractivity contribution >= 4 is 18.2 Å². The lowest BCUT2D eigenvalue weighted by Gasteiger charge is -2.24. The van der Waals surface area contributed by atoms with E-state index in [9.17, 15) is 0 Å². The molecule has 0 amide bonds. The molecular formula is C26H34BO4. The summed E-state index contributed by atoms with van der Waals surface area (Å²) in [4.78, 5) is 0. The van der Waals surface area contributed by atoms with E-state index in [-0.39, 0.29) is 12.2 Å². The second-order valence-electron chi connectivity index (χ2n) is 9.16. The Morgan fingerprint density at radius 3 is 1.13 bits per heavy atom. The van der Waals surface area contributed by atoms with Gasteiger partial charge in [-0.3, -0.25) is 0 Å². The Labute approximate surface area is 187 Å². The van der Waals surface area contributed by atoms with Crippen LogP contribution in [0.2, 0.25) is 0 Å². The summed E-state index contributed by atoms with van der Waals surface area (Å²) in [5.74, 6) is 2.02. The van der Waals surface area contributed by atoms with Crippen molar-refractivity contribution in [2.45, 2.75) is 67.6 Å². The standard InChI is InChI=1S/C26H34BO4/c1-13-17(5)25(30-11-21-9-28-21)18(6)14(2)23(13)27-24-15(3)19(7)26(20(8)16(24)4)31-12-22-10-29-22/h21-22H,9-12H2,1-8H3. The Morgan fingerprint density at radius 2 is 0.871 bits per heavy atom. The first kappa shape index (κ1) is 22.2. The molecule has 31 heavy (non-hydrogen) atoms. The molecule has 0 N–H and O–H groups in total. The predicted molar refractivity (Wildman–Crippen MR) is 126 cm³/mol. The molecular weight excluding hydrogens is 387 g/mol. The molecule has 0 saturated carbocycles. The molecule has 0 aliphatic carbocycles. The molecule has 2 aliphatic rings. The fourth-order valence-corrected chi connectivity index (χ4v) is 4.31. The molecule has 165 valence electrons. The van der Waals surface area contributed by atoms with Gasteiger partial charge < -0.3 is 18.9 Å². The van der Waals surface area contributed by atoms with Crippen molar-refractivity contribution in [2.75, 3.05) is 26.4 Å². The minimum Gasteiger partial charge on any atom is -0.490 e. The van der Waals surface area contributed by atoms with Gasteiger partial charge >= 0.3 is 0 Å². The third kappa shape index (κ3) is 4.35. The van der Waals surface area contributed by atoms with Crippen LogP contribution in [0.4, 0.5) is 0 Å². The van der Waals surface area contributed by atoms with Gasteiger partial charge in [0.2, 0.25) is 0 Å². The number of benzene rings is 2. The molecule has 2 atom stereocenters. The highest BCUT2D eigenvalue weighted by atomic mass is 16.6. The van der Waals surface area contributed by atoms with Gasteiger partial charge in [0.1, 0.15) is 36.9 Å². The molecule has 2 unspecified atom stereocenters. The molecule has 2 heterocycles. The third-order valence-electron chi connectivity index (χ3n) is 7.15. The Kier molecular flexibility index (Phi) is 6.11. The van der Waals surface area contributed by atoms with Crippen LogP contribution >= 0.6 is 0 Å². The minimum absolute atomic E-state index is 0.258. The fourth-order valence-electron chi connectivity index (χ4n) is 4.31. The van der Waals surface area contributed by atoms with Gasteiger partial charge in [0.25, 0.3) is 0 Å². The Hall–Kier alpha value is -1.98. The highest BCUT2D eigenvalue weighted by Crippen LogP contribution is 2.31. The van der Waals surface area contributed by atoms with Crippen LogP contribution in [0.1, 0.15) is 44.5 Å². The third-order valence-corrected chi connectivity index (χ3v) is 7.15. The maximum atomic E-state index is 6.15. The zero-order valence-electron chi connectivity index (χ0n) is 20.2. The fraction of sp³-hybridized carbons (Fsp3) is 0.538. The number of hydrogen-bond acceptors (Lipinski definition) is 4. The van der Waals surface area contributed by atoms with Crippen molar-refractivity contribution in [1.82, 2.24) is 0 Å². The lowest BCUT2D eigenvalue weighted by Crippen LogP contribution is -2.36. The van der Waals surface area contributed by atoms with Crippen LogP contribution in [-0.4, -0.2) is 45.9 Å². The van der Waals surface area contributed by atoms with E-state index >= 15 is 0 Å². The predicted octanol–water partition coefficient (Wildman–Crippen LogP) is 3.36. The second kappa shape index (κ2) is 8.52. The highest BCUT2D eigenvalue weighted by molar-refractivity contribution is 6.69. The van der Waals surface area contributed by atoms with E-state index in [2.05, 4.69) is 62.7 Å². The van der Waals surface area contributed by atoms with Gasteiger partial charge in [-0.25, -0.2) is 0 Å². The summed E-state index contributed by atoms with van der Waals surface area (Å²) in [5.41, 5.74) is 12.5. The van der Waals surface area contributed by atoms with E-state index in [1.54, 1.807) is 0 Å². The first-order chi connectivity index (χ1) is 14.7. The van der Waals surface area contributed by atoms with Crippen molar-refractivity contribution in [2.24, 2.45) is 0 Å². The zero-order chi connectivity index (χ0) is 22.4. The van der Waals surface area contributed by atoms with E-state index in [4.69, 9.17) is 18.9 Å². The van der Waals surface area contributed by atoms with Crippen LogP contribution in [0, 0.1) is 55.4 Å². The summed E-state index contributed by atoms with van der Waals surface area (Å²) in [6.45, 7) is 20.3. The smallest absolute Gasteiger partial charge is 0.192 e. The first-order valence-corrected chi connectivity index (χ1v) is 11.2. The lowest BCUT2D eigenvalue weighted by atomic mass is 9.57. The molecule has 0 bridgehead atoms. The summed E-state index contributed by atoms with van der Waals surface area (Å²) in [7, 11) is 2.36. The van der Waals surface area contributed by atoms with Crippen LogP contribution in [0.25, 0.3) is 0 Å². The van der Waals surface area contributed by atoms with Crippen molar-refractivity contribution in [1.29, 1.82) is 0 Å². The molecule has 2 aliphatic heterocycles. The normalized spacial score (nSPS) is 19.4. The topological polar surface area (TPSA) is 43.5 Å². The molecule has 4 rings (SSSR count). The largest absolute Gasteiger partial charge is 0.490 e. The summed E-state index contributed by atoms with van der Waals surface area (Å²) in [5, 5.41) is 0. The average Bonchev–Trinajstić information content (AvgIpc) is 3.65. The zero-order valence-corrected chi connectivity index (χ0v) is 20.2. The van der Waals surface area contributed by atoms with Crippen molar-refractivity contribution in [3.63, 3.8) is 0 Å². The maximum Gasteiger partial charge on any atom is 0.192 e. The van der Waals surface area contributed by atoms with Crippen molar-refractivity contribution < 1.29 is 18.9 Å². The van der Waals surface area contributed by atoms with Crippen molar-refractivity contribution in [3.05, 3.63) is 44.5 Å². The molecule has 2 aromatic rings. The first-order valence-electron chi connectivity index (χ1n) is 11.2. The summed E-state index contributed by atoms with van der Waals surface area (Å²) in [6, 6.07) is 0. The molecule has 4 nitrogen and oxygen atoms in total.